The van der Waals surface area contributed by atoms with E-state index in [4.69, 9.17) is 9.84 Å². The van der Waals surface area contributed by atoms with E-state index in [0.29, 0.717) is 5.82 Å². The fraction of sp³-hybridized carbons (Fsp3) is 0.562. The largest absolute Gasteiger partial charge is 0.481 e. The predicted molar refractivity (Wildman–Crippen MR) is 90.1 cm³/mol. The number of ether oxygens (including phenoxy) is 1. The van der Waals surface area contributed by atoms with Crippen molar-refractivity contribution >= 4 is 23.4 Å². The maximum absolute atomic E-state index is 11.5. The molecule has 0 spiro atoms. The molecular formula is C16H24N4O4. The summed E-state index contributed by atoms with van der Waals surface area (Å²) in [6, 6.07) is 3.54. The van der Waals surface area contributed by atoms with E-state index in [2.05, 4.69) is 20.5 Å². The number of carbonyl (C=O) groups excluding carboxylic acids is 1. The molecule has 1 aliphatic heterocycles. The molecule has 8 nitrogen and oxygen atoms in total. The first-order valence-electron chi connectivity index (χ1n) is 8.15. The number of anilines is 2. The molecule has 0 aliphatic carbocycles. The standard InChI is InChI=1S/C16H24N4O4/c21-15(4-5-16(22)23)19-14-3-2-13(12-18-14)17-6-1-7-20-8-10-24-11-9-20/h2-3,12,17H,1,4-11H2,(H,22,23)(H,18,19,21). The highest BCUT2D eigenvalue weighted by molar-refractivity contribution is 5.91. The van der Waals surface area contributed by atoms with Crippen LogP contribution in [-0.4, -0.2) is 66.3 Å². The summed E-state index contributed by atoms with van der Waals surface area (Å²) in [6.07, 6.45) is 2.45. The Labute approximate surface area is 141 Å². The Morgan fingerprint density at radius 3 is 2.71 bits per heavy atom. The van der Waals surface area contributed by atoms with Gasteiger partial charge in [-0.05, 0) is 25.1 Å². The smallest absolute Gasteiger partial charge is 0.303 e. The quantitative estimate of drug-likeness (QED) is 0.578. The lowest BCUT2D eigenvalue weighted by Crippen LogP contribution is -2.37. The first-order chi connectivity index (χ1) is 11.6. The van der Waals surface area contributed by atoms with Gasteiger partial charge in [-0.3, -0.25) is 14.5 Å². The lowest BCUT2D eigenvalue weighted by atomic mass is 10.3. The molecule has 0 radical (unpaired) electrons. The Morgan fingerprint density at radius 1 is 1.25 bits per heavy atom. The third-order valence-corrected chi connectivity index (χ3v) is 3.68. The molecule has 2 rings (SSSR count). The Hall–Kier alpha value is -2.19. The van der Waals surface area contributed by atoms with Crippen LogP contribution in [0.25, 0.3) is 0 Å². The summed E-state index contributed by atoms with van der Waals surface area (Å²) in [7, 11) is 0. The fourth-order valence-electron chi connectivity index (χ4n) is 2.36. The summed E-state index contributed by atoms with van der Waals surface area (Å²) in [5, 5.41) is 14.4. The molecule has 0 bridgehead atoms. The normalized spacial score (nSPS) is 15.0. The van der Waals surface area contributed by atoms with Gasteiger partial charge in [0, 0.05) is 26.1 Å². The summed E-state index contributed by atoms with van der Waals surface area (Å²) in [5.74, 6) is -0.921. The maximum Gasteiger partial charge on any atom is 0.303 e. The second kappa shape index (κ2) is 9.84. The van der Waals surface area contributed by atoms with Gasteiger partial charge in [-0.25, -0.2) is 4.98 Å². The second-order valence-electron chi connectivity index (χ2n) is 5.61. The summed E-state index contributed by atoms with van der Waals surface area (Å²) >= 11 is 0. The van der Waals surface area contributed by atoms with Gasteiger partial charge in [0.05, 0.1) is 31.5 Å². The van der Waals surface area contributed by atoms with E-state index in [0.717, 1.165) is 51.5 Å². The van der Waals surface area contributed by atoms with E-state index in [9.17, 15) is 9.59 Å². The molecule has 1 aromatic rings. The SMILES string of the molecule is O=C(O)CCC(=O)Nc1ccc(NCCCN2CCOCC2)cn1. The van der Waals surface area contributed by atoms with Crippen molar-refractivity contribution in [3.8, 4) is 0 Å². The number of aromatic nitrogens is 1. The van der Waals surface area contributed by atoms with Crippen LogP contribution in [0.5, 0.6) is 0 Å². The molecule has 24 heavy (non-hydrogen) atoms. The van der Waals surface area contributed by atoms with Gasteiger partial charge < -0.3 is 20.5 Å². The molecule has 0 saturated carbocycles. The van der Waals surface area contributed by atoms with Crippen LogP contribution in [0.15, 0.2) is 18.3 Å². The number of pyridine rings is 1. The minimum absolute atomic E-state index is 0.0570. The second-order valence-corrected chi connectivity index (χ2v) is 5.61. The number of hydrogen-bond donors (Lipinski definition) is 3. The summed E-state index contributed by atoms with van der Waals surface area (Å²) < 4.78 is 5.32. The molecule has 0 aromatic carbocycles. The number of amides is 1. The predicted octanol–water partition coefficient (Wildman–Crippen LogP) is 1.02. The Balaban J connectivity index is 1.64. The Morgan fingerprint density at radius 2 is 2.04 bits per heavy atom. The summed E-state index contributed by atoms with van der Waals surface area (Å²) in [5.41, 5.74) is 0.889. The maximum atomic E-state index is 11.5. The zero-order valence-electron chi connectivity index (χ0n) is 13.7. The minimum Gasteiger partial charge on any atom is -0.481 e. The fourth-order valence-corrected chi connectivity index (χ4v) is 2.36. The van der Waals surface area contributed by atoms with E-state index in [-0.39, 0.29) is 18.7 Å². The van der Waals surface area contributed by atoms with Crippen LogP contribution in [0.1, 0.15) is 19.3 Å². The number of rotatable bonds is 9. The molecular weight excluding hydrogens is 312 g/mol. The van der Waals surface area contributed by atoms with Crippen LogP contribution >= 0.6 is 0 Å². The lowest BCUT2D eigenvalue weighted by molar-refractivity contribution is -0.138. The van der Waals surface area contributed by atoms with Crippen molar-refractivity contribution in [1.29, 1.82) is 0 Å². The zero-order valence-corrected chi connectivity index (χ0v) is 13.7. The minimum atomic E-state index is -0.991. The van der Waals surface area contributed by atoms with Gasteiger partial charge in [0.15, 0.2) is 0 Å². The van der Waals surface area contributed by atoms with Crippen molar-refractivity contribution in [2.24, 2.45) is 0 Å². The number of nitrogens with zero attached hydrogens (tertiary/aromatic N) is 2. The van der Waals surface area contributed by atoms with Gasteiger partial charge in [-0.1, -0.05) is 0 Å². The van der Waals surface area contributed by atoms with Gasteiger partial charge in [0.1, 0.15) is 5.82 Å². The third kappa shape index (κ3) is 6.93. The van der Waals surface area contributed by atoms with Gasteiger partial charge in [0.2, 0.25) is 5.91 Å². The van der Waals surface area contributed by atoms with Crippen LogP contribution in [0.2, 0.25) is 0 Å². The van der Waals surface area contributed by atoms with Crippen molar-refractivity contribution in [2.75, 3.05) is 50.0 Å². The van der Waals surface area contributed by atoms with E-state index < -0.39 is 5.97 Å². The molecule has 0 unspecified atom stereocenters. The number of aliphatic carboxylic acids is 1. The molecule has 2 heterocycles. The Kier molecular flexibility index (Phi) is 7.44. The van der Waals surface area contributed by atoms with Crippen molar-refractivity contribution in [1.82, 2.24) is 9.88 Å². The van der Waals surface area contributed by atoms with Crippen molar-refractivity contribution in [3.63, 3.8) is 0 Å². The van der Waals surface area contributed by atoms with Crippen molar-refractivity contribution < 1.29 is 19.4 Å². The first kappa shape index (κ1) is 18.2. The van der Waals surface area contributed by atoms with Gasteiger partial charge in [-0.15, -0.1) is 0 Å². The monoisotopic (exact) mass is 336 g/mol. The van der Waals surface area contributed by atoms with Crippen molar-refractivity contribution in [3.05, 3.63) is 18.3 Å². The van der Waals surface area contributed by atoms with E-state index >= 15 is 0 Å². The molecule has 132 valence electrons. The zero-order chi connectivity index (χ0) is 17.2. The van der Waals surface area contributed by atoms with E-state index in [1.807, 2.05) is 6.07 Å². The summed E-state index contributed by atoms with van der Waals surface area (Å²) in [6.45, 7) is 5.52. The van der Waals surface area contributed by atoms with Crippen LogP contribution in [0, 0.1) is 0 Å². The highest BCUT2D eigenvalue weighted by Gasteiger charge is 2.09. The molecule has 0 atom stereocenters. The van der Waals surface area contributed by atoms with Crippen LogP contribution < -0.4 is 10.6 Å². The number of nitrogens with one attached hydrogen (secondary N) is 2. The molecule has 1 saturated heterocycles. The van der Waals surface area contributed by atoms with E-state index in [1.165, 1.54) is 0 Å². The van der Waals surface area contributed by atoms with Crippen LogP contribution in [-0.2, 0) is 14.3 Å². The molecule has 1 aliphatic rings. The molecule has 1 fully saturated rings. The van der Waals surface area contributed by atoms with Gasteiger partial charge in [-0.2, -0.15) is 0 Å². The van der Waals surface area contributed by atoms with Gasteiger partial charge >= 0.3 is 5.97 Å². The van der Waals surface area contributed by atoms with Crippen LogP contribution in [0.3, 0.4) is 0 Å². The van der Waals surface area contributed by atoms with Crippen LogP contribution in [0.4, 0.5) is 11.5 Å². The van der Waals surface area contributed by atoms with Crippen molar-refractivity contribution in [2.45, 2.75) is 19.3 Å². The Bertz CT molecular complexity index is 529. The molecule has 3 N–H and O–H groups in total. The highest BCUT2D eigenvalue weighted by atomic mass is 16.5. The summed E-state index contributed by atoms with van der Waals surface area (Å²) in [4.78, 5) is 28.5. The van der Waals surface area contributed by atoms with Gasteiger partial charge in [0.25, 0.3) is 0 Å². The molecule has 1 aromatic heterocycles. The number of carboxylic acid groups (broad SMARTS) is 1. The molecule has 1 amide bonds. The average Bonchev–Trinajstić information content (AvgIpc) is 2.59. The average molecular weight is 336 g/mol. The number of morpholine rings is 1. The highest BCUT2D eigenvalue weighted by Crippen LogP contribution is 2.10. The topological polar surface area (TPSA) is 104 Å². The number of carbonyl (C=O) groups is 2. The molecule has 8 heteroatoms. The first-order valence-corrected chi connectivity index (χ1v) is 8.15. The number of carboxylic acids is 1. The third-order valence-electron chi connectivity index (χ3n) is 3.68. The van der Waals surface area contributed by atoms with E-state index in [1.54, 1.807) is 12.3 Å². The number of hydrogen-bond acceptors (Lipinski definition) is 6. The lowest BCUT2D eigenvalue weighted by Gasteiger charge is -2.26.